The van der Waals surface area contributed by atoms with Gasteiger partial charge in [-0.3, -0.25) is 9.78 Å². The van der Waals surface area contributed by atoms with E-state index in [1.165, 1.54) is 57.7 Å². The van der Waals surface area contributed by atoms with Gasteiger partial charge in [0.25, 0.3) is 0 Å². The minimum atomic E-state index is -0.337. The molecule has 1 N–H and O–H groups in total. The number of hydrogen-bond acceptors (Lipinski definition) is 5. The number of allylic oxidation sites excluding steroid dienone is 2. The van der Waals surface area contributed by atoms with E-state index >= 15 is 0 Å². The minimum Gasteiger partial charge on any atom is -0.512 e. The van der Waals surface area contributed by atoms with Crippen molar-refractivity contribution in [2.75, 3.05) is 0 Å². The van der Waals surface area contributed by atoms with Gasteiger partial charge in [-0.1, -0.05) is 111 Å². The van der Waals surface area contributed by atoms with Crippen LogP contribution in [-0.4, -0.2) is 15.9 Å². The van der Waals surface area contributed by atoms with Crippen molar-refractivity contribution in [3.8, 4) is 11.3 Å². The molecule has 1 radical (unpaired) electrons. The molecule has 0 atom stereocenters. The van der Waals surface area contributed by atoms with Gasteiger partial charge in [0.05, 0.1) is 0 Å². The van der Waals surface area contributed by atoms with E-state index in [9.17, 15) is 9.90 Å². The molecule has 6 aromatic rings. The van der Waals surface area contributed by atoms with Gasteiger partial charge in [-0.25, -0.2) is 0 Å². The van der Waals surface area contributed by atoms with Crippen molar-refractivity contribution < 1.29 is 30.0 Å². The third-order valence-electron chi connectivity index (χ3n) is 11.6. The van der Waals surface area contributed by atoms with Crippen LogP contribution in [0.1, 0.15) is 118 Å². The van der Waals surface area contributed by atoms with Crippen LogP contribution in [0.2, 0.25) is 0 Å². The molecule has 3 aromatic heterocycles. The molecule has 3 nitrogen and oxygen atoms in total. The molecule has 3 aromatic carbocycles. The molecule has 6 rings (SSSR count). The quantitative estimate of drug-likeness (QED) is 0.0846. The first-order chi connectivity index (χ1) is 24.5. The molecule has 0 bridgehead atoms. The summed E-state index contributed by atoms with van der Waals surface area (Å²) in [4.78, 5) is 18.6. The summed E-state index contributed by atoms with van der Waals surface area (Å²) < 4.78 is 4.05. The van der Waals surface area contributed by atoms with Crippen LogP contribution in [0.15, 0.2) is 66.6 Å². The van der Waals surface area contributed by atoms with Gasteiger partial charge in [-0.2, -0.15) is 0 Å². The summed E-state index contributed by atoms with van der Waals surface area (Å²) in [6.07, 6.45) is 7.84. The molecule has 0 unspecified atom stereocenters. The monoisotopic (exact) mass is 925 g/mol. The van der Waals surface area contributed by atoms with Gasteiger partial charge in [0.1, 0.15) is 5.76 Å². The number of rotatable bonds is 10. The molecule has 53 heavy (non-hydrogen) atoms. The van der Waals surface area contributed by atoms with Gasteiger partial charge in [-0.05, 0) is 78.8 Å². The predicted octanol–water partition coefficient (Wildman–Crippen LogP) is 14.7. The standard InChI is InChI=1S/C32H30NS2.C15H28O2.Ir/c1-18(2)15-24-19(3)34-31-23(24)11-12-26-29(31)28-27(35-26)13-14-33-30(28)21-16-20-9-7-8-10-22(20)25(17-21)32(4,5)6;1-7-14(5,8-2)12(16)11-13(17)15(6,9-3)10-4;/h7-14,17-18H,15H2,1-6H3;11,16H,7-10H2,1-6H3;/q-1;;/b;12-11-;. The summed E-state index contributed by atoms with van der Waals surface area (Å²) in [6, 6.07) is 21.6. The molecule has 3 heterocycles. The molecule has 0 aliphatic heterocycles. The molecule has 0 spiro atoms. The fraction of sp³-hybridized carbons (Fsp3) is 0.447. The maximum atomic E-state index is 12.2. The van der Waals surface area contributed by atoms with Crippen LogP contribution in [0.4, 0.5) is 0 Å². The van der Waals surface area contributed by atoms with Gasteiger partial charge in [0.15, 0.2) is 5.78 Å². The van der Waals surface area contributed by atoms with Crippen molar-refractivity contribution in [2.45, 2.75) is 121 Å². The van der Waals surface area contributed by atoms with E-state index in [0.29, 0.717) is 5.92 Å². The maximum Gasteiger partial charge on any atom is 0.164 e. The molecule has 0 saturated carbocycles. The second-order valence-corrected chi connectivity index (χ2v) is 18.8. The zero-order valence-corrected chi connectivity index (χ0v) is 37.9. The van der Waals surface area contributed by atoms with Crippen molar-refractivity contribution in [3.63, 3.8) is 0 Å². The Balaban J connectivity index is 0.000000299. The number of fused-ring (bicyclic) bond motifs is 6. The number of carbonyl (C=O) groups excluding carboxylic acids is 1. The van der Waals surface area contributed by atoms with Crippen molar-refractivity contribution in [2.24, 2.45) is 16.7 Å². The number of aliphatic hydroxyl groups excluding tert-OH is 1. The van der Waals surface area contributed by atoms with Gasteiger partial charge in [0, 0.05) is 73.3 Å². The molecule has 0 saturated heterocycles. The SMILES string of the molecule is CCC(C)(CC)C(=O)/C=C(\O)C(C)(CC)CC.Cc1sc2c(ccc3sc4ccnc(-c5[c-]c6ccccc6c(C(C)(C)C)c5)c4c32)c1CC(C)C.[Ir]. The van der Waals surface area contributed by atoms with E-state index in [1.54, 1.807) is 0 Å². The van der Waals surface area contributed by atoms with Gasteiger partial charge in [0.2, 0.25) is 0 Å². The predicted molar refractivity (Wildman–Crippen MR) is 229 cm³/mol. The van der Waals surface area contributed by atoms with Crippen LogP contribution in [0.25, 0.3) is 52.3 Å². The van der Waals surface area contributed by atoms with Gasteiger partial charge in [-0.15, -0.1) is 51.8 Å². The van der Waals surface area contributed by atoms with E-state index in [2.05, 4.69) is 96.1 Å². The van der Waals surface area contributed by atoms with Gasteiger partial charge < -0.3 is 5.11 Å². The first kappa shape index (κ1) is 42.8. The minimum absolute atomic E-state index is 0. The van der Waals surface area contributed by atoms with E-state index < -0.39 is 0 Å². The van der Waals surface area contributed by atoms with Crippen LogP contribution in [0.3, 0.4) is 0 Å². The van der Waals surface area contributed by atoms with Crippen molar-refractivity contribution >= 4 is 69.5 Å². The number of pyridine rings is 1. The summed E-state index contributed by atoms with van der Waals surface area (Å²) in [5.74, 6) is 0.926. The van der Waals surface area contributed by atoms with Crippen molar-refractivity contribution in [3.05, 3.63) is 88.6 Å². The summed E-state index contributed by atoms with van der Waals surface area (Å²) in [5.41, 5.74) is 4.42. The summed E-state index contributed by atoms with van der Waals surface area (Å²) in [6.45, 7) is 25.9. The molecule has 0 aliphatic rings. The van der Waals surface area contributed by atoms with Crippen LogP contribution in [-0.2, 0) is 36.7 Å². The average Bonchev–Trinajstić information content (AvgIpc) is 3.66. The topological polar surface area (TPSA) is 50.2 Å². The number of nitrogens with zero attached hydrogens (tertiary/aromatic N) is 1. The smallest absolute Gasteiger partial charge is 0.164 e. The Morgan fingerprint density at radius 1 is 0.849 bits per heavy atom. The molecular formula is C47H58IrNO2S2-. The van der Waals surface area contributed by atoms with Crippen LogP contribution < -0.4 is 0 Å². The van der Waals surface area contributed by atoms with Crippen LogP contribution in [0, 0.1) is 29.7 Å². The third kappa shape index (κ3) is 8.52. The first-order valence-electron chi connectivity index (χ1n) is 19.1. The maximum absolute atomic E-state index is 12.2. The zero-order valence-electron chi connectivity index (χ0n) is 33.8. The molecule has 0 amide bonds. The molecule has 6 heteroatoms. The van der Waals surface area contributed by atoms with E-state index in [0.717, 1.165) is 48.7 Å². The number of aromatic nitrogens is 1. The fourth-order valence-electron chi connectivity index (χ4n) is 7.05. The fourth-order valence-corrected chi connectivity index (χ4v) is 9.46. The molecular weight excluding hydrogens is 867 g/mol. The molecule has 0 aliphatic carbocycles. The van der Waals surface area contributed by atoms with Crippen LogP contribution in [0.5, 0.6) is 0 Å². The Bertz CT molecular complexity index is 2260. The number of benzene rings is 3. The number of carbonyl (C=O) groups is 1. The zero-order chi connectivity index (χ0) is 38.2. The Hall–Kier alpha value is -2.89. The third-order valence-corrected chi connectivity index (χ3v) is 13.9. The number of aryl methyl sites for hydroxylation is 1. The normalized spacial score (nSPS) is 12.8. The summed E-state index contributed by atoms with van der Waals surface area (Å²) >= 11 is 3.83. The first-order valence-corrected chi connectivity index (χ1v) is 20.8. The molecule has 285 valence electrons. The Morgan fingerprint density at radius 2 is 1.47 bits per heavy atom. The second kappa shape index (κ2) is 16.9. The van der Waals surface area contributed by atoms with Crippen molar-refractivity contribution in [1.82, 2.24) is 4.98 Å². The van der Waals surface area contributed by atoms with Gasteiger partial charge >= 0.3 is 0 Å². The Morgan fingerprint density at radius 3 is 2.08 bits per heavy atom. The van der Waals surface area contributed by atoms with Crippen molar-refractivity contribution in [1.29, 1.82) is 0 Å². The van der Waals surface area contributed by atoms with E-state index in [4.69, 9.17) is 4.98 Å². The summed E-state index contributed by atoms with van der Waals surface area (Å²) in [5, 5.41) is 16.6. The number of aliphatic hydroxyl groups is 1. The largest absolute Gasteiger partial charge is 0.512 e. The van der Waals surface area contributed by atoms with E-state index in [1.807, 2.05) is 70.4 Å². The average molecular weight is 925 g/mol. The Kier molecular flexibility index (Phi) is 13.6. The summed E-state index contributed by atoms with van der Waals surface area (Å²) in [7, 11) is 0. The molecule has 0 fully saturated rings. The number of hydrogen-bond donors (Lipinski definition) is 1. The Labute approximate surface area is 339 Å². The number of ketones is 1. The van der Waals surface area contributed by atoms with E-state index in [-0.39, 0.29) is 47.9 Å². The van der Waals surface area contributed by atoms with Crippen LogP contribution >= 0.6 is 22.7 Å². The number of thiophene rings is 2. The second-order valence-electron chi connectivity index (χ2n) is 16.5.